The van der Waals surface area contributed by atoms with Crippen molar-refractivity contribution in [3.8, 4) is 0 Å². The fourth-order valence-electron chi connectivity index (χ4n) is 1.83. The van der Waals surface area contributed by atoms with E-state index in [1.54, 1.807) is 36.4 Å². The Hall–Kier alpha value is -2.53. The van der Waals surface area contributed by atoms with Gasteiger partial charge in [-0.1, -0.05) is 29.8 Å². The summed E-state index contributed by atoms with van der Waals surface area (Å²) in [5.74, 6) is -0.702. The minimum atomic E-state index is -0.453. The van der Waals surface area contributed by atoms with Gasteiger partial charge >= 0.3 is 5.97 Å². The molecule has 0 heterocycles. The third-order valence-electron chi connectivity index (χ3n) is 2.88. The first-order valence-corrected chi connectivity index (χ1v) is 6.94. The lowest BCUT2D eigenvalue weighted by Crippen LogP contribution is -2.22. The van der Waals surface area contributed by atoms with E-state index in [0.717, 1.165) is 0 Å². The molecule has 0 aliphatic rings. The van der Waals surface area contributed by atoms with Crippen LogP contribution in [0.3, 0.4) is 0 Å². The predicted molar refractivity (Wildman–Crippen MR) is 86.4 cm³/mol. The molecular formula is C16H15ClN2O3. The van der Waals surface area contributed by atoms with E-state index in [0.29, 0.717) is 22.0 Å². The van der Waals surface area contributed by atoms with E-state index in [-0.39, 0.29) is 12.5 Å². The van der Waals surface area contributed by atoms with E-state index in [9.17, 15) is 9.59 Å². The summed E-state index contributed by atoms with van der Waals surface area (Å²) < 4.78 is 4.64. The number of nitrogens with one attached hydrogen (secondary N) is 2. The van der Waals surface area contributed by atoms with Crippen molar-refractivity contribution >= 4 is 34.9 Å². The maximum Gasteiger partial charge on any atom is 0.337 e. The first-order chi connectivity index (χ1) is 10.6. The Morgan fingerprint density at radius 3 is 2.64 bits per heavy atom. The maximum absolute atomic E-state index is 11.9. The van der Waals surface area contributed by atoms with Gasteiger partial charge in [-0.2, -0.15) is 0 Å². The van der Waals surface area contributed by atoms with Crippen molar-refractivity contribution in [2.24, 2.45) is 0 Å². The minimum absolute atomic E-state index is 0.0617. The summed E-state index contributed by atoms with van der Waals surface area (Å²) >= 11 is 5.99. The lowest BCUT2D eigenvalue weighted by atomic mass is 10.2. The Bertz CT molecular complexity index is 689. The topological polar surface area (TPSA) is 67.4 Å². The SMILES string of the molecule is COC(=O)c1cccc(NC(=O)CNc2ccccc2Cl)c1. The van der Waals surface area contributed by atoms with Crippen LogP contribution in [0.5, 0.6) is 0 Å². The van der Waals surface area contributed by atoms with E-state index < -0.39 is 5.97 Å². The van der Waals surface area contributed by atoms with E-state index in [1.165, 1.54) is 7.11 Å². The number of hydrogen-bond acceptors (Lipinski definition) is 4. The van der Waals surface area contributed by atoms with Gasteiger partial charge in [-0.05, 0) is 30.3 Å². The molecule has 2 N–H and O–H groups in total. The normalized spacial score (nSPS) is 9.91. The summed E-state index contributed by atoms with van der Waals surface area (Å²) in [4.78, 5) is 23.4. The molecule has 2 aromatic rings. The van der Waals surface area contributed by atoms with Gasteiger partial charge in [-0.25, -0.2) is 4.79 Å². The molecule has 6 heteroatoms. The van der Waals surface area contributed by atoms with Crippen LogP contribution < -0.4 is 10.6 Å². The number of para-hydroxylation sites is 1. The summed E-state index contributed by atoms with van der Waals surface area (Å²) in [5.41, 5.74) is 1.58. The zero-order valence-corrected chi connectivity index (χ0v) is 12.7. The van der Waals surface area contributed by atoms with Crippen LogP contribution in [0.25, 0.3) is 0 Å². The van der Waals surface area contributed by atoms with Gasteiger partial charge in [-0.15, -0.1) is 0 Å². The number of ether oxygens (including phenoxy) is 1. The van der Waals surface area contributed by atoms with E-state index in [4.69, 9.17) is 11.6 Å². The smallest absolute Gasteiger partial charge is 0.337 e. The number of amides is 1. The van der Waals surface area contributed by atoms with E-state index in [2.05, 4.69) is 15.4 Å². The van der Waals surface area contributed by atoms with Gasteiger partial charge < -0.3 is 15.4 Å². The molecule has 0 saturated carbocycles. The summed E-state index contributed by atoms with van der Waals surface area (Å²) in [6, 6.07) is 13.7. The molecule has 2 aromatic carbocycles. The number of methoxy groups -OCH3 is 1. The Kier molecular flexibility index (Phi) is 5.38. The van der Waals surface area contributed by atoms with Crippen molar-refractivity contribution in [3.05, 3.63) is 59.1 Å². The van der Waals surface area contributed by atoms with Crippen LogP contribution in [0.15, 0.2) is 48.5 Å². The van der Waals surface area contributed by atoms with Crippen molar-refractivity contribution in [2.75, 3.05) is 24.3 Å². The predicted octanol–water partition coefficient (Wildman–Crippen LogP) is 3.18. The average Bonchev–Trinajstić information content (AvgIpc) is 2.53. The molecule has 22 heavy (non-hydrogen) atoms. The Morgan fingerprint density at radius 1 is 1.14 bits per heavy atom. The Labute approximate surface area is 133 Å². The molecule has 0 bridgehead atoms. The fraction of sp³-hybridized carbons (Fsp3) is 0.125. The van der Waals surface area contributed by atoms with Crippen molar-refractivity contribution in [1.82, 2.24) is 0 Å². The molecule has 2 rings (SSSR count). The lowest BCUT2D eigenvalue weighted by Gasteiger charge is -2.09. The summed E-state index contributed by atoms with van der Waals surface area (Å²) in [6.07, 6.45) is 0. The first-order valence-electron chi connectivity index (χ1n) is 6.57. The van der Waals surface area contributed by atoms with Crippen LogP contribution in [0.2, 0.25) is 5.02 Å². The van der Waals surface area contributed by atoms with Crippen molar-refractivity contribution < 1.29 is 14.3 Å². The van der Waals surface area contributed by atoms with Crippen LogP contribution in [0, 0.1) is 0 Å². The second kappa shape index (κ2) is 7.47. The molecule has 0 saturated heterocycles. The molecule has 5 nitrogen and oxygen atoms in total. The second-order valence-electron chi connectivity index (χ2n) is 4.45. The quantitative estimate of drug-likeness (QED) is 0.831. The maximum atomic E-state index is 11.9. The van der Waals surface area contributed by atoms with Crippen LogP contribution in [0.1, 0.15) is 10.4 Å². The fourth-order valence-corrected chi connectivity index (χ4v) is 2.03. The number of halogens is 1. The van der Waals surface area contributed by atoms with Gasteiger partial charge in [0.05, 0.1) is 29.9 Å². The summed E-state index contributed by atoms with van der Waals surface area (Å²) in [6.45, 7) is 0.0617. The van der Waals surface area contributed by atoms with Gasteiger partial charge in [-0.3, -0.25) is 4.79 Å². The van der Waals surface area contributed by atoms with Gasteiger partial charge in [0.1, 0.15) is 0 Å². The number of carbonyl (C=O) groups is 2. The highest BCUT2D eigenvalue weighted by Gasteiger charge is 2.08. The molecule has 0 fully saturated rings. The van der Waals surface area contributed by atoms with E-state index >= 15 is 0 Å². The van der Waals surface area contributed by atoms with Crippen LogP contribution in [-0.4, -0.2) is 25.5 Å². The molecule has 0 unspecified atom stereocenters. The number of benzene rings is 2. The number of anilines is 2. The van der Waals surface area contributed by atoms with E-state index in [1.807, 2.05) is 12.1 Å². The van der Waals surface area contributed by atoms with Gasteiger partial charge in [0, 0.05) is 5.69 Å². The zero-order chi connectivity index (χ0) is 15.9. The monoisotopic (exact) mass is 318 g/mol. The molecule has 0 aliphatic heterocycles. The first kappa shape index (κ1) is 15.9. The molecule has 1 amide bonds. The van der Waals surface area contributed by atoms with Crippen LogP contribution >= 0.6 is 11.6 Å². The molecular weight excluding hydrogens is 304 g/mol. The largest absolute Gasteiger partial charge is 0.465 e. The molecule has 114 valence electrons. The van der Waals surface area contributed by atoms with Crippen molar-refractivity contribution in [3.63, 3.8) is 0 Å². The van der Waals surface area contributed by atoms with Gasteiger partial charge in [0.25, 0.3) is 0 Å². The standard InChI is InChI=1S/C16H15ClN2O3/c1-22-16(21)11-5-4-6-12(9-11)19-15(20)10-18-14-8-3-2-7-13(14)17/h2-9,18H,10H2,1H3,(H,19,20). The molecule has 0 aliphatic carbocycles. The number of rotatable bonds is 5. The van der Waals surface area contributed by atoms with Crippen molar-refractivity contribution in [1.29, 1.82) is 0 Å². The molecule has 0 radical (unpaired) electrons. The third-order valence-corrected chi connectivity index (χ3v) is 3.21. The average molecular weight is 319 g/mol. The lowest BCUT2D eigenvalue weighted by molar-refractivity contribution is -0.114. The van der Waals surface area contributed by atoms with Crippen LogP contribution in [-0.2, 0) is 9.53 Å². The third kappa shape index (κ3) is 4.23. The van der Waals surface area contributed by atoms with Gasteiger partial charge in [0.15, 0.2) is 0 Å². The minimum Gasteiger partial charge on any atom is -0.465 e. The van der Waals surface area contributed by atoms with Crippen molar-refractivity contribution in [2.45, 2.75) is 0 Å². The molecule has 0 aromatic heterocycles. The highest BCUT2D eigenvalue weighted by atomic mass is 35.5. The summed E-state index contributed by atoms with van der Waals surface area (Å²) in [7, 11) is 1.31. The number of esters is 1. The zero-order valence-electron chi connectivity index (χ0n) is 11.9. The highest BCUT2D eigenvalue weighted by Crippen LogP contribution is 2.20. The Balaban J connectivity index is 1.95. The van der Waals surface area contributed by atoms with Crippen LogP contribution in [0.4, 0.5) is 11.4 Å². The van der Waals surface area contributed by atoms with Gasteiger partial charge in [0.2, 0.25) is 5.91 Å². The second-order valence-corrected chi connectivity index (χ2v) is 4.86. The molecule has 0 atom stereocenters. The number of hydrogen-bond donors (Lipinski definition) is 2. The molecule has 0 spiro atoms. The Morgan fingerprint density at radius 2 is 1.91 bits per heavy atom. The highest BCUT2D eigenvalue weighted by molar-refractivity contribution is 6.33. The summed E-state index contributed by atoms with van der Waals surface area (Å²) in [5, 5.41) is 6.19. The number of carbonyl (C=O) groups excluding carboxylic acids is 2.